The Balaban J connectivity index is 1.69. The van der Waals surface area contributed by atoms with E-state index in [1.54, 1.807) is 0 Å². The third-order valence-electron chi connectivity index (χ3n) is 4.79. The maximum Gasteiger partial charge on any atom is 0.221 e. The van der Waals surface area contributed by atoms with Gasteiger partial charge in [0.05, 0.1) is 0 Å². The summed E-state index contributed by atoms with van der Waals surface area (Å²) in [5, 5.41) is 6.61. The number of likely N-dealkylation sites (tertiary alicyclic amines) is 1. The second-order valence-electron chi connectivity index (χ2n) is 6.32. The summed E-state index contributed by atoms with van der Waals surface area (Å²) in [5.41, 5.74) is 0. The molecule has 0 spiro atoms. The van der Waals surface area contributed by atoms with E-state index in [9.17, 15) is 4.79 Å². The van der Waals surface area contributed by atoms with Gasteiger partial charge < -0.3 is 15.5 Å². The molecule has 2 saturated heterocycles. The number of nitrogens with zero attached hydrogens (tertiary/aromatic N) is 1. The van der Waals surface area contributed by atoms with E-state index in [4.69, 9.17) is 0 Å². The highest BCUT2D eigenvalue weighted by Crippen LogP contribution is 2.18. The fraction of sp³-hybridized carbons (Fsp3) is 0.933. The first-order valence-electron chi connectivity index (χ1n) is 7.87. The normalized spacial score (nSPS) is 33.1. The van der Waals surface area contributed by atoms with Crippen molar-refractivity contribution in [2.45, 2.75) is 57.5 Å². The van der Waals surface area contributed by atoms with Crippen LogP contribution in [0.2, 0.25) is 0 Å². The van der Waals surface area contributed by atoms with Gasteiger partial charge in [-0.1, -0.05) is 13.3 Å². The van der Waals surface area contributed by atoms with E-state index in [2.05, 4.69) is 29.5 Å². The highest BCUT2D eigenvalue weighted by Gasteiger charge is 2.24. The van der Waals surface area contributed by atoms with Crippen LogP contribution in [0.4, 0.5) is 0 Å². The zero-order chi connectivity index (χ0) is 13.7. The zero-order valence-corrected chi connectivity index (χ0v) is 12.5. The van der Waals surface area contributed by atoms with Crippen molar-refractivity contribution in [3.63, 3.8) is 0 Å². The molecule has 3 unspecified atom stereocenters. The van der Waals surface area contributed by atoms with Gasteiger partial charge in [0.15, 0.2) is 0 Å². The number of piperidine rings is 2. The molecule has 0 saturated carbocycles. The number of carbonyl (C=O) groups excluding carboxylic acids is 1. The van der Waals surface area contributed by atoms with E-state index in [-0.39, 0.29) is 5.91 Å². The molecule has 3 atom stereocenters. The van der Waals surface area contributed by atoms with Gasteiger partial charge in [0.2, 0.25) is 5.91 Å². The molecule has 0 aliphatic carbocycles. The molecule has 2 N–H and O–H groups in total. The SMILES string of the molecule is CC1CCCNC1CC(=O)NCC1CCCCN1C. The van der Waals surface area contributed by atoms with Crippen molar-refractivity contribution >= 4 is 5.91 Å². The maximum atomic E-state index is 12.0. The first kappa shape index (κ1) is 14.8. The molecule has 1 amide bonds. The maximum absolute atomic E-state index is 12.0. The molecular formula is C15H29N3O. The number of hydrogen-bond acceptors (Lipinski definition) is 3. The largest absolute Gasteiger partial charge is 0.354 e. The zero-order valence-electron chi connectivity index (χ0n) is 12.5. The summed E-state index contributed by atoms with van der Waals surface area (Å²) in [6.07, 6.45) is 6.94. The molecule has 19 heavy (non-hydrogen) atoms. The summed E-state index contributed by atoms with van der Waals surface area (Å²) in [7, 11) is 2.17. The minimum atomic E-state index is 0.213. The molecule has 0 aromatic heterocycles. The first-order valence-corrected chi connectivity index (χ1v) is 7.87. The quantitative estimate of drug-likeness (QED) is 0.808. The summed E-state index contributed by atoms with van der Waals surface area (Å²) < 4.78 is 0. The molecule has 2 heterocycles. The standard InChI is InChI=1S/C15H29N3O/c1-12-6-5-8-16-14(12)10-15(19)17-11-13-7-3-4-9-18(13)2/h12-14,16H,3-11H2,1-2H3,(H,17,19). The lowest BCUT2D eigenvalue weighted by atomic mass is 9.90. The predicted octanol–water partition coefficient (Wildman–Crippen LogP) is 1.37. The van der Waals surface area contributed by atoms with Gasteiger partial charge in [0.1, 0.15) is 0 Å². The predicted molar refractivity (Wildman–Crippen MR) is 78.1 cm³/mol. The summed E-state index contributed by atoms with van der Waals surface area (Å²) in [4.78, 5) is 14.4. The number of carbonyl (C=O) groups is 1. The molecule has 110 valence electrons. The third-order valence-corrected chi connectivity index (χ3v) is 4.79. The van der Waals surface area contributed by atoms with Gasteiger partial charge in [0.25, 0.3) is 0 Å². The first-order chi connectivity index (χ1) is 9.16. The van der Waals surface area contributed by atoms with Gasteiger partial charge in [-0.05, 0) is 51.7 Å². The highest BCUT2D eigenvalue weighted by atomic mass is 16.1. The summed E-state index contributed by atoms with van der Waals surface area (Å²) >= 11 is 0. The average Bonchev–Trinajstić information content (AvgIpc) is 2.40. The molecule has 2 rings (SSSR count). The van der Waals surface area contributed by atoms with Crippen LogP contribution in [0.1, 0.15) is 45.4 Å². The second-order valence-corrected chi connectivity index (χ2v) is 6.32. The Morgan fingerprint density at radius 2 is 2.16 bits per heavy atom. The van der Waals surface area contributed by atoms with E-state index in [0.29, 0.717) is 24.4 Å². The van der Waals surface area contributed by atoms with Crippen molar-refractivity contribution in [2.24, 2.45) is 5.92 Å². The lowest BCUT2D eigenvalue weighted by Crippen LogP contribution is -2.47. The third kappa shape index (κ3) is 4.46. The molecule has 4 heteroatoms. The fourth-order valence-corrected chi connectivity index (χ4v) is 3.29. The molecule has 0 aromatic carbocycles. The van der Waals surface area contributed by atoms with E-state index in [0.717, 1.165) is 13.1 Å². The monoisotopic (exact) mass is 267 g/mol. The van der Waals surface area contributed by atoms with E-state index in [1.807, 2.05) is 0 Å². The van der Waals surface area contributed by atoms with Gasteiger partial charge in [0, 0.05) is 25.0 Å². The van der Waals surface area contributed by atoms with Crippen LogP contribution in [0.3, 0.4) is 0 Å². The Morgan fingerprint density at radius 1 is 1.32 bits per heavy atom. The molecule has 0 radical (unpaired) electrons. The van der Waals surface area contributed by atoms with Crippen molar-refractivity contribution in [3.8, 4) is 0 Å². The number of likely N-dealkylation sites (N-methyl/N-ethyl adjacent to an activating group) is 1. The van der Waals surface area contributed by atoms with Gasteiger partial charge in [-0.3, -0.25) is 4.79 Å². The molecule has 2 aliphatic heterocycles. The van der Waals surface area contributed by atoms with Crippen LogP contribution < -0.4 is 10.6 Å². The van der Waals surface area contributed by atoms with Gasteiger partial charge >= 0.3 is 0 Å². The van der Waals surface area contributed by atoms with Crippen molar-refractivity contribution in [1.82, 2.24) is 15.5 Å². The highest BCUT2D eigenvalue weighted by molar-refractivity contribution is 5.76. The van der Waals surface area contributed by atoms with Crippen molar-refractivity contribution in [1.29, 1.82) is 0 Å². The van der Waals surface area contributed by atoms with Gasteiger partial charge in [-0.15, -0.1) is 0 Å². The topological polar surface area (TPSA) is 44.4 Å². The van der Waals surface area contributed by atoms with E-state index in [1.165, 1.54) is 38.6 Å². The Bertz CT molecular complexity index is 295. The Hall–Kier alpha value is -0.610. The van der Waals surface area contributed by atoms with Crippen molar-refractivity contribution in [3.05, 3.63) is 0 Å². The van der Waals surface area contributed by atoms with Crippen LogP contribution in [-0.2, 0) is 4.79 Å². The van der Waals surface area contributed by atoms with Crippen LogP contribution in [0.15, 0.2) is 0 Å². The Kier molecular flexibility index (Phi) is 5.64. The lowest BCUT2D eigenvalue weighted by Gasteiger charge is -2.33. The Morgan fingerprint density at radius 3 is 2.89 bits per heavy atom. The second kappa shape index (κ2) is 7.25. The van der Waals surface area contributed by atoms with Crippen LogP contribution in [-0.4, -0.2) is 49.6 Å². The van der Waals surface area contributed by atoms with Gasteiger partial charge in [-0.2, -0.15) is 0 Å². The fourth-order valence-electron chi connectivity index (χ4n) is 3.29. The molecule has 0 aromatic rings. The minimum Gasteiger partial charge on any atom is -0.354 e. The number of rotatable bonds is 4. The molecule has 4 nitrogen and oxygen atoms in total. The average molecular weight is 267 g/mol. The molecule has 2 aliphatic rings. The van der Waals surface area contributed by atoms with Crippen LogP contribution in [0.5, 0.6) is 0 Å². The number of amides is 1. The van der Waals surface area contributed by atoms with Crippen LogP contribution in [0, 0.1) is 5.92 Å². The Labute approximate surface area is 117 Å². The molecule has 2 fully saturated rings. The van der Waals surface area contributed by atoms with Crippen molar-refractivity contribution < 1.29 is 4.79 Å². The van der Waals surface area contributed by atoms with Crippen molar-refractivity contribution in [2.75, 3.05) is 26.7 Å². The minimum absolute atomic E-state index is 0.213. The smallest absolute Gasteiger partial charge is 0.221 e. The summed E-state index contributed by atoms with van der Waals surface area (Å²) in [6, 6.07) is 0.910. The van der Waals surface area contributed by atoms with Crippen LogP contribution in [0.25, 0.3) is 0 Å². The van der Waals surface area contributed by atoms with E-state index >= 15 is 0 Å². The van der Waals surface area contributed by atoms with Crippen LogP contribution >= 0.6 is 0 Å². The molecular weight excluding hydrogens is 238 g/mol. The lowest BCUT2D eigenvalue weighted by molar-refractivity contribution is -0.122. The molecule has 0 bridgehead atoms. The summed E-state index contributed by atoms with van der Waals surface area (Å²) in [5.74, 6) is 0.835. The number of hydrogen-bond donors (Lipinski definition) is 2. The summed E-state index contributed by atoms with van der Waals surface area (Å²) in [6.45, 7) is 5.30. The van der Waals surface area contributed by atoms with E-state index < -0.39 is 0 Å². The van der Waals surface area contributed by atoms with Gasteiger partial charge in [-0.25, -0.2) is 0 Å². The number of nitrogens with one attached hydrogen (secondary N) is 2.